The third kappa shape index (κ3) is 2.54. The van der Waals surface area contributed by atoms with Gasteiger partial charge in [0, 0.05) is 18.7 Å². The molecule has 0 heterocycles. The lowest BCUT2D eigenvalue weighted by Crippen LogP contribution is -2.00. The lowest BCUT2D eigenvalue weighted by molar-refractivity contribution is -0.384. The van der Waals surface area contributed by atoms with Gasteiger partial charge in [-0.15, -0.1) is 6.58 Å². The number of nitrogens with zero attached hydrogens (tertiary/aromatic N) is 2. The van der Waals surface area contributed by atoms with Gasteiger partial charge in [0.05, 0.1) is 16.2 Å². The van der Waals surface area contributed by atoms with Gasteiger partial charge in [0.1, 0.15) is 6.07 Å². The van der Waals surface area contributed by atoms with E-state index in [1.807, 2.05) is 6.07 Å². The van der Waals surface area contributed by atoms with Gasteiger partial charge >= 0.3 is 0 Å². The van der Waals surface area contributed by atoms with E-state index in [0.29, 0.717) is 12.2 Å². The number of non-ortho nitro benzene ring substituents is 1. The molecular formula is C10H9N3O2. The average Bonchev–Trinajstić information content (AvgIpc) is 2.25. The Kier molecular flexibility index (Phi) is 3.41. The van der Waals surface area contributed by atoms with Crippen LogP contribution >= 0.6 is 0 Å². The molecule has 0 aromatic heterocycles. The third-order valence-corrected chi connectivity index (χ3v) is 1.77. The first-order chi connectivity index (χ1) is 7.19. The molecule has 0 saturated carbocycles. The van der Waals surface area contributed by atoms with Gasteiger partial charge in [-0.1, -0.05) is 6.08 Å². The number of hydrogen-bond donors (Lipinski definition) is 1. The molecule has 0 bridgehead atoms. The number of nitriles is 1. The smallest absolute Gasteiger partial charge is 0.270 e. The van der Waals surface area contributed by atoms with E-state index in [4.69, 9.17) is 5.26 Å². The Morgan fingerprint density at radius 3 is 2.93 bits per heavy atom. The molecule has 0 aliphatic rings. The van der Waals surface area contributed by atoms with Crippen molar-refractivity contribution in [2.24, 2.45) is 0 Å². The zero-order chi connectivity index (χ0) is 11.3. The lowest BCUT2D eigenvalue weighted by Gasteiger charge is -2.04. The standard InChI is InChI=1S/C10H9N3O2/c1-2-5-12-10-4-3-9(13(14)15)6-8(10)7-11/h2-4,6,12H,1,5H2. The van der Waals surface area contributed by atoms with Crippen LogP contribution in [0.3, 0.4) is 0 Å². The van der Waals surface area contributed by atoms with Crippen molar-refractivity contribution in [3.8, 4) is 6.07 Å². The van der Waals surface area contributed by atoms with Crippen molar-refractivity contribution in [3.05, 3.63) is 46.5 Å². The van der Waals surface area contributed by atoms with Gasteiger partial charge in [-0.2, -0.15) is 5.26 Å². The van der Waals surface area contributed by atoms with Crippen LogP contribution in [-0.2, 0) is 0 Å². The Hall–Kier alpha value is -2.35. The fraction of sp³-hybridized carbons (Fsp3) is 0.100. The molecular weight excluding hydrogens is 194 g/mol. The van der Waals surface area contributed by atoms with Crippen molar-refractivity contribution in [3.63, 3.8) is 0 Å². The maximum Gasteiger partial charge on any atom is 0.270 e. The molecule has 1 N–H and O–H groups in total. The summed E-state index contributed by atoms with van der Waals surface area (Å²) in [4.78, 5) is 9.92. The molecule has 76 valence electrons. The van der Waals surface area contributed by atoms with Crippen LogP contribution in [0, 0.1) is 21.4 Å². The maximum absolute atomic E-state index is 10.5. The van der Waals surface area contributed by atoms with Gasteiger partial charge in [0.15, 0.2) is 0 Å². The first kappa shape index (κ1) is 10.7. The Bertz CT molecular complexity index is 435. The highest BCUT2D eigenvalue weighted by molar-refractivity contribution is 5.61. The highest BCUT2D eigenvalue weighted by atomic mass is 16.6. The molecule has 1 rings (SSSR count). The van der Waals surface area contributed by atoms with Crippen LogP contribution in [0.1, 0.15) is 5.56 Å². The van der Waals surface area contributed by atoms with Crippen LogP contribution in [0.4, 0.5) is 11.4 Å². The number of hydrogen-bond acceptors (Lipinski definition) is 4. The van der Waals surface area contributed by atoms with Gasteiger partial charge in [-0.3, -0.25) is 10.1 Å². The molecule has 0 amide bonds. The van der Waals surface area contributed by atoms with Crippen molar-refractivity contribution in [2.75, 3.05) is 11.9 Å². The molecule has 0 fully saturated rings. The van der Waals surface area contributed by atoms with E-state index in [1.54, 1.807) is 6.08 Å². The summed E-state index contributed by atoms with van der Waals surface area (Å²) in [7, 11) is 0. The molecule has 0 spiro atoms. The Morgan fingerprint density at radius 1 is 1.67 bits per heavy atom. The van der Waals surface area contributed by atoms with Crippen molar-refractivity contribution in [1.29, 1.82) is 5.26 Å². The molecule has 0 aliphatic carbocycles. The normalized spacial score (nSPS) is 9.00. The summed E-state index contributed by atoms with van der Waals surface area (Å²) in [6.45, 7) is 4.03. The number of nitro benzene ring substituents is 1. The van der Waals surface area contributed by atoms with Crippen LogP contribution in [-0.4, -0.2) is 11.5 Å². The zero-order valence-corrected chi connectivity index (χ0v) is 7.93. The van der Waals surface area contributed by atoms with E-state index in [1.165, 1.54) is 18.2 Å². The SMILES string of the molecule is C=CCNc1ccc([N+](=O)[O-])cc1C#N. The average molecular weight is 203 g/mol. The van der Waals surface area contributed by atoms with Gasteiger partial charge in [0.2, 0.25) is 0 Å². The fourth-order valence-corrected chi connectivity index (χ4v) is 1.07. The van der Waals surface area contributed by atoms with Gasteiger partial charge in [0.25, 0.3) is 5.69 Å². The predicted molar refractivity (Wildman–Crippen MR) is 56.5 cm³/mol. The number of nitro groups is 1. The second-order valence-electron chi connectivity index (χ2n) is 2.77. The first-order valence-electron chi connectivity index (χ1n) is 4.22. The minimum atomic E-state index is -0.530. The summed E-state index contributed by atoms with van der Waals surface area (Å²) < 4.78 is 0. The summed E-state index contributed by atoms with van der Waals surface area (Å²) in [5.74, 6) is 0. The summed E-state index contributed by atoms with van der Waals surface area (Å²) in [6, 6.07) is 6.01. The topological polar surface area (TPSA) is 79.0 Å². The van der Waals surface area contributed by atoms with E-state index in [2.05, 4.69) is 11.9 Å². The molecule has 5 heteroatoms. The number of nitrogens with one attached hydrogen (secondary N) is 1. The van der Waals surface area contributed by atoms with Crippen LogP contribution in [0.25, 0.3) is 0 Å². The Morgan fingerprint density at radius 2 is 2.40 bits per heavy atom. The molecule has 0 atom stereocenters. The highest BCUT2D eigenvalue weighted by Gasteiger charge is 2.09. The van der Waals surface area contributed by atoms with Crippen LogP contribution in [0.15, 0.2) is 30.9 Å². The van der Waals surface area contributed by atoms with E-state index >= 15 is 0 Å². The van der Waals surface area contributed by atoms with Crippen molar-refractivity contribution in [2.45, 2.75) is 0 Å². The van der Waals surface area contributed by atoms with Crippen LogP contribution in [0.2, 0.25) is 0 Å². The van der Waals surface area contributed by atoms with Gasteiger partial charge in [-0.05, 0) is 6.07 Å². The largest absolute Gasteiger partial charge is 0.381 e. The number of anilines is 1. The second kappa shape index (κ2) is 4.77. The highest BCUT2D eigenvalue weighted by Crippen LogP contribution is 2.20. The number of benzene rings is 1. The Labute approximate surface area is 86.8 Å². The van der Waals surface area contributed by atoms with Gasteiger partial charge < -0.3 is 5.32 Å². The van der Waals surface area contributed by atoms with Crippen molar-refractivity contribution in [1.82, 2.24) is 0 Å². The van der Waals surface area contributed by atoms with E-state index in [9.17, 15) is 10.1 Å². The Balaban J connectivity index is 3.05. The minimum absolute atomic E-state index is 0.0873. The zero-order valence-electron chi connectivity index (χ0n) is 7.93. The fourth-order valence-electron chi connectivity index (χ4n) is 1.07. The minimum Gasteiger partial charge on any atom is -0.381 e. The monoisotopic (exact) mass is 203 g/mol. The predicted octanol–water partition coefficient (Wildman–Crippen LogP) is 2.06. The summed E-state index contributed by atoms with van der Waals surface area (Å²) in [6.07, 6.45) is 1.64. The summed E-state index contributed by atoms with van der Waals surface area (Å²) in [5, 5.41) is 22.2. The lowest BCUT2D eigenvalue weighted by atomic mass is 10.1. The van der Waals surface area contributed by atoms with Gasteiger partial charge in [-0.25, -0.2) is 0 Å². The second-order valence-corrected chi connectivity index (χ2v) is 2.77. The maximum atomic E-state index is 10.5. The van der Waals surface area contributed by atoms with E-state index < -0.39 is 4.92 Å². The van der Waals surface area contributed by atoms with Crippen LogP contribution < -0.4 is 5.32 Å². The van der Waals surface area contributed by atoms with Crippen molar-refractivity contribution < 1.29 is 4.92 Å². The summed E-state index contributed by atoms with van der Waals surface area (Å²) in [5.41, 5.74) is 0.741. The third-order valence-electron chi connectivity index (χ3n) is 1.77. The van der Waals surface area contributed by atoms with E-state index in [-0.39, 0.29) is 11.3 Å². The molecule has 0 saturated heterocycles. The molecule has 15 heavy (non-hydrogen) atoms. The summed E-state index contributed by atoms with van der Waals surface area (Å²) >= 11 is 0. The molecule has 0 aliphatic heterocycles. The molecule has 1 aromatic rings. The number of rotatable bonds is 4. The molecule has 1 aromatic carbocycles. The quantitative estimate of drug-likeness (QED) is 0.461. The van der Waals surface area contributed by atoms with Crippen LogP contribution in [0.5, 0.6) is 0 Å². The molecule has 0 unspecified atom stereocenters. The van der Waals surface area contributed by atoms with Crippen molar-refractivity contribution >= 4 is 11.4 Å². The molecule has 5 nitrogen and oxygen atoms in total. The molecule has 0 radical (unpaired) electrons. The first-order valence-corrected chi connectivity index (χ1v) is 4.22. The van der Waals surface area contributed by atoms with E-state index in [0.717, 1.165) is 0 Å².